The minimum atomic E-state index is 0.453. The van der Waals surface area contributed by atoms with Gasteiger partial charge >= 0.3 is 0 Å². The van der Waals surface area contributed by atoms with E-state index >= 15 is 0 Å². The standard InChI is InChI=1S/C14H22N6/c1-9-5-10(2)7-11(6-9)17-13-14-16-3-4-20(14)8-12(18-13)19-15/h3-4,8-11,19H,5-7,15H2,1-2H3,(H,17,18). The SMILES string of the molecule is CC1CC(C)CC(Nc2nc(NN)cn3ccnc23)C1. The number of nitrogens with two attached hydrogens (primary N) is 1. The molecule has 4 N–H and O–H groups in total. The summed E-state index contributed by atoms with van der Waals surface area (Å²) in [6.07, 6.45) is 9.18. The molecule has 0 bridgehead atoms. The third-order valence-electron chi connectivity index (χ3n) is 4.04. The Hall–Kier alpha value is -1.82. The van der Waals surface area contributed by atoms with E-state index in [1.807, 2.05) is 16.8 Å². The number of aromatic nitrogens is 3. The molecule has 0 saturated heterocycles. The molecule has 2 aromatic rings. The lowest BCUT2D eigenvalue weighted by molar-refractivity contribution is 0.280. The van der Waals surface area contributed by atoms with Crippen molar-refractivity contribution in [1.82, 2.24) is 14.4 Å². The van der Waals surface area contributed by atoms with Crippen LogP contribution in [0.15, 0.2) is 18.6 Å². The Morgan fingerprint density at radius 1 is 1.25 bits per heavy atom. The van der Waals surface area contributed by atoms with Crippen molar-refractivity contribution in [3.05, 3.63) is 18.6 Å². The molecule has 1 saturated carbocycles. The number of nitrogen functional groups attached to an aromatic ring is 1. The second-order valence-corrected chi connectivity index (χ2v) is 6.04. The average Bonchev–Trinajstić information content (AvgIpc) is 2.85. The highest BCUT2D eigenvalue weighted by molar-refractivity contribution is 5.65. The smallest absolute Gasteiger partial charge is 0.180 e. The molecule has 0 radical (unpaired) electrons. The molecule has 108 valence electrons. The van der Waals surface area contributed by atoms with Crippen LogP contribution in [-0.2, 0) is 0 Å². The van der Waals surface area contributed by atoms with Gasteiger partial charge in [-0.05, 0) is 31.1 Å². The molecule has 3 rings (SSSR count). The summed E-state index contributed by atoms with van der Waals surface area (Å²) in [7, 11) is 0. The van der Waals surface area contributed by atoms with Gasteiger partial charge in [0.15, 0.2) is 17.3 Å². The summed E-state index contributed by atoms with van der Waals surface area (Å²) in [5, 5.41) is 3.56. The van der Waals surface area contributed by atoms with Crippen molar-refractivity contribution < 1.29 is 0 Å². The van der Waals surface area contributed by atoms with Gasteiger partial charge in [0, 0.05) is 18.4 Å². The number of hydrazine groups is 1. The van der Waals surface area contributed by atoms with Gasteiger partial charge in [-0.1, -0.05) is 13.8 Å². The zero-order chi connectivity index (χ0) is 14.1. The van der Waals surface area contributed by atoms with Crippen LogP contribution in [0.2, 0.25) is 0 Å². The summed E-state index contributed by atoms with van der Waals surface area (Å²) < 4.78 is 1.93. The Balaban J connectivity index is 1.87. The summed E-state index contributed by atoms with van der Waals surface area (Å²) in [5.41, 5.74) is 3.45. The van der Waals surface area contributed by atoms with Crippen molar-refractivity contribution >= 4 is 17.3 Å². The molecule has 1 aliphatic rings. The first-order valence-electron chi connectivity index (χ1n) is 7.22. The summed E-state index contributed by atoms with van der Waals surface area (Å²) in [6, 6.07) is 0.453. The van der Waals surface area contributed by atoms with Crippen molar-refractivity contribution in [2.75, 3.05) is 10.7 Å². The van der Waals surface area contributed by atoms with Crippen LogP contribution in [0.1, 0.15) is 33.1 Å². The third kappa shape index (κ3) is 2.56. The predicted octanol–water partition coefficient (Wildman–Crippen LogP) is 2.25. The first-order valence-corrected chi connectivity index (χ1v) is 7.22. The summed E-state index contributed by atoms with van der Waals surface area (Å²) in [4.78, 5) is 8.87. The van der Waals surface area contributed by atoms with Crippen molar-refractivity contribution in [2.45, 2.75) is 39.2 Å². The van der Waals surface area contributed by atoms with Gasteiger partial charge in [-0.2, -0.15) is 0 Å². The maximum Gasteiger partial charge on any atom is 0.180 e. The Labute approximate surface area is 118 Å². The van der Waals surface area contributed by atoms with E-state index in [4.69, 9.17) is 5.84 Å². The number of fused-ring (bicyclic) bond motifs is 1. The molecule has 1 aliphatic carbocycles. The lowest BCUT2D eigenvalue weighted by atomic mass is 9.80. The molecular weight excluding hydrogens is 252 g/mol. The third-order valence-corrected chi connectivity index (χ3v) is 4.04. The molecule has 0 amide bonds. The van der Waals surface area contributed by atoms with Crippen LogP contribution in [0.4, 0.5) is 11.6 Å². The van der Waals surface area contributed by atoms with E-state index in [0.717, 1.165) is 23.3 Å². The normalized spacial score (nSPS) is 26.6. The molecule has 2 atom stereocenters. The minimum Gasteiger partial charge on any atom is -0.364 e. The molecule has 2 aromatic heterocycles. The molecule has 20 heavy (non-hydrogen) atoms. The number of nitrogens with zero attached hydrogens (tertiary/aromatic N) is 3. The molecule has 6 nitrogen and oxygen atoms in total. The van der Waals surface area contributed by atoms with Crippen LogP contribution in [-0.4, -0.2) is 20.4 Å². The van der Waals surface area contributed by atoms with Crippen LogP contribution in [0.25, 0.3) is 5.65 Å². The van der Waals surface area contributed by atoms with E-state index in [0.29, 0.717) is 11.9 Å². The maximum atomic E-state index is 5.48. The molecule has 6 heteroatoms. The van der Waals surface area contributed by atoms with E-state index in [-0.39, 0.29) is 0 Å². The highest BCUT2D eigenvalue weighted by atomic mass is 15.3. The molecule has 1 fully saturated rings. The van der Waals surface area contributed by atoms with Crippen molar-refractivity contribution in [1.29, 1.82) is 0 Å². The van der Waals surface area contributed by atoms with Crippen molar-refractivity contribution in [3.8, 4) is 0 Å². The predicted molar refractivity (Wildman–Crippen MR) is 80.4 cm³/mol. The van der Waals surface area contributed by atoms with E-state index < -0.39 is 0 Å². The van der Waals surface area contributed by atoms with E-state index in [2.05, 4.69) is 34.6 Å². The molecule has 0 aliphatic heterocycles. The van der Waals surface area contributed by atoms with Gasteiger partial charge in [0.2, 0.25) is 0 Å². The van der Waals surface area contributed by atoms with E-state index in [1.54, 1.807) is 6.20 Å². The highest BCUT2D eigenvalue weighted by Gasteiger charge is 2.24. The first-order chi connectivity index (χ1) is 9.65. The largest absolute Gasteiger partial charge is 0.364 e. The van der Waals surface area contributed by atoms with Crippen LogP contribution < -0.4 is 16.6 Å². The molecule has 0 spiro atoms. The van der Waals surface area contributed by atoms with Gasteiger partial charge in [-0.3, -0.25) is 0 Å². The van der Waals surface area contributed by atoms with Gasteiger partial charge in [-0.25, -0.2) is 15.8 Å². The fourth-order valence-electron chi connectivity index (χ4n) is 3.36. The lowest BCUT2D eigenvalue weighted by Crippen LogP contribution is -2.30. The first kappa shape index (κ1) is 13.2. The maximum absolute atomic E-state index is 5.48. The minimum absolute atomic E-state index is 0.453. The number of rotatable bonds is 3. The Kier molecular flexibility index (Phi) is 3.48. The Morgan fingerprint density at radius 3 is 2.70 bits per heavy atom. The monoisotopic (exact) mass is 274 g/mol. The van der Waals surface area contributed by atoms with Gasteiger partial charge < -0.3 is 15.1 Å². The van der Waals surface area contributed by atoms with Crippen LogP contribution in [0.5, 0.6) is 0 Å². The van der Waals surface area contributed by atoms with E-state index in [9.17, 15) is 0 Å². The Bertz CT molecular complexity index is 582. The van der Waals surface area contributed by atoms with E-state index in [1.165, 1.54) is 19.3 Å². The molecule has 0 aromatic carbocycles. The van der Waals surface area contributed by atoms with Crippen LogP contribution in [0, 0.1) is 11.8 Å². The van der Waals surface area contributed by atoms with Crippen molar-refractivity contribution in [3.63, 3.8) is 0 Å². The summed E-state index contributed by atoms with van der Waals surface area (Å²) >= 11 is 0. The number of hydrogen-bond donors (Lipinski definition) is 3. The second-order valence-electron chi connectivity index (χ2n) is 6.04. The highest BCUT2D eigenvalue weighted by Crippen LogP contribution is 2.31. The van der Waals surface area contributed by atoms with Gasteiger partial charge in [0.05, 0.1) is 6.20 Å². The van der Waals surface area contributed by atoms with Crippen LogP contribution >= 0.6 is 0 Å². The van der Waals surface area contributed by atoms with Gasteiger partial charge in [0.1, 0.15) is 0 Å². The lowest BCUT2D eigenvalue weighted by Gasteiger charge is -2.32. The zero-order valence-electron chi connectivity index (χ0n) is 12.0. The number of anilines is 2. The fourth-order valence-corrected chi connectivity index (χ4v) is 3.36. The van der Waals surface area contributed by atoms with Gasteiger partial charge in [0.25, 0.3) is 0 Å². The van der Waals surface area contributed by atoms with Crippen molar-refractivity contribution in [2.24, 2.45) is 17.7 Å². The van der Waals surface area contributed by atoms with Crippen LogP contribution in [0.3, 0.4) is 0 Å². The summed E-state index contributed by atoms with van der Waals surface area (Å²) in [6.45, 7) is 4.64. The van der Waals surface area contributed by atoms with Gasteiger partial charge in [-0.15, -0.1) is 0 Å². The topological polar surface area (TPSA) is 80.3 Å². The molecule has 2 unspecified atom stereocenters. The fraction of sp³-hybridized carbons (Fsp3) is 0.571. The quantitative estimate of drug-likeness (QED) is 0.591. The number of nitrogens with one attached hydrogen (secondary N) is 2. The number of hydrogen-bond acceptors (Lipinski definition) is 5. The molecule has 2 heterocycles. The molecular formula is C14H22N6. The Morgan fingerprint density at radius 2 is 2.00 bits per heavy atom. The average molecular weight is 274 g/mol. The summed E-state index contributed by atoms with van der Waals surface area (Å²) in [5.74, 6) is 8.42. The number of imidazole rings is 1. The second kappa shape index (κ2) is 5.28. The zero-order valence-corrected chi connectivity index (χ0v) is 12.0.